The van der Waals surface area contributed by atoms with Crippen LogP contribution in [0.5, 0.6) is 0 Å². The molecular formula is C14H5Cl6F3. The normalized spacial score (nSPS) is 11.9. The van der Waals surface area contributed by atoms with E-state index in [9.17, 15) is 13.2 Å². The van der Waals surface area contributed by atoms with E-state index in [1.54, 1.807) is 0 Å². The fourth-order valence-electron chi connectivity index (χ4n) is 1.97. The van der Waals surface area contributed by atoms with Gasteiger partial charge in [0.25, 0.3) is 0 Å². The maximum atomic E-state index is 13.2. The summed E-state index contributed by atoms with van der Waals surface area (Å²) in [7, 11) is 0. The first-order chi connectivity index (χ1) is 10.6. The molecule has 0 aliphatic carbocycles. The topological polar surface area (TPSA) is 0 Å². The van der Waals surface area contributed by atoms with Crippen molar-refractivity contribution in [2.24, 2.45) is 0 Å². The first-order valence-corrected chi connectivity index (χ1v) is 8.30. The zero-order chi connectivity index (χ0) is 17.5. The number of hydrogen-bond donors (Lipinski definition) is 0. The number of halogens is 9. The molecule has 2 aromatic carbocycles. The average molecular weight is 443 g/mol. The monoisotopic (exact) mass is 440 g/mol. The van der Waals surface area contributed by atoms with Crippen LogP contribution in [0.25, 0.3) is 11.1 Å². The molecule has 0 radical (unpaired) electrons. The molecule has 124 valence electrons. The van der Waals surface area contributed by atoms with Crippen LogP contribution in [0.1, 0.15) is 11.1 Å². The molecule has 0 N–H and O–H groups in total. The maximum Gasteiger partial charge on any atom is 0.416 e. The maximum absolute atomic E-state index is 13.2. The van der Waals surface area contributed by atoms with Gasteiger partial charge in [-0.15, -0.1) is 11.6 Å². The molecule has 0 saturated heterocycles. The summed E-state index contributed by atoms with van der Waals surface area (Å²) in [6.45, 7) is 0. The van der Waals surface area contributed by atoms with Crippen molar-refractivity contribution in [2.75, 3.05) is 0 Å². The number of rotatable bonds is 2. The Balaban J connectivity index is 2.79. The van der Waals surface area contributed by atoms with Crippen molar-refractivity contribution < 1.29 is 13.2 Å². The second-order valence-electron chi connectivity index (χ2n) is 4.45. The number of hydrogen-bond acceptors (Lipinski definition) is 0. The minimum atomic E-state index is -4.58. The van der Waals surface area contributed by atoms with Crippen molar-refractivity contribution in [3.05, 3.63) is 54.4 Å². The van der Waals surface area contributed by atoms with Crippen LogP contribution in [0.15, 0.2) is 18.2 Å². The molecule has 0 heterocycles. The molecule has 0 nitrogen and oxygen atoms in total. The molecule has 0 saturated carbocycles. The SMILES string of the molecule is FC(F)(F)c1cc(-c2c(Cl)c(Cl)c(Cl)c(Cl)c2Cl)ccc1CCl. The summed E-state index contributed by atoms with van der Waals surface area (Å²) in [5.74, 6) is -0.293. The van der Waals surface area contributed by atoms with E-state index in [0.29, 0.717) is 0 Å². The number of benzene rings is 2. The van der Waals surface area contributed by atoms with Crippen molar-refractivity contribution in [1.29, 1.82) is 0 Å². The Bertz CT molecular complexity index is 741. The van der Waals surface area contributed by atoms with E-state index < -0.39 is 11.7 Å². The van der Waals surface area contributed by atoms with Gasteiger partial charge in [0, 0.05) is 11.4 Å². The molecule has 0 amide bonds. The van der Waals surface area contributed by atoms with Gasteiger partial charge in [0.05, 0.1) is 30.7 Å². The smallest absolute Gasteiger partial charge is 0.166 e. The average Bonchev–Trinajstić information content (AvgIpc) is 2.50. The molecule has 2 aromatic rings. The van der Waals surface area contributed by atoms with Crippen LogP contribution in [0.2, 0.25) is 25.1 Å². The van der Waals surface area contributed by atoms with E-state index in [-0.39, 0.29) is 47.7 Å². The minimum Gasteiger partial charge on any atom is -0.166 e. The van der Waals surface area contributed by atoms with Crippen LogP contribution in [0, 0.1) is 0 Å². The lowest BCUT2D eigenvalue weighted by atomic mass is 9.99. The summed E-state index contributed by atoms with van der Waals surface area (Å²) < 4.78 is 39.5. The highest BCUT2D eigenvalue weighted by Gasteiger charge is 2.34. The third-order valence-electron chi connectivity index (χ3n) is 3.06. The Morgan fingerprint density at radius 1 is 0.783 bits per heavy atom. The molecule has 0 spiro atoms. The standard InChI is InChI=1S/C14H5Cl6F3/c15-4-6-2-1-5(3-7(6)14(21,22)23)8-9(16)11(18)13(20)12(19)10(8)17/h1-3H,4H2. The van der Waals surface area contributed by atoms with E-state index in [4.69, 9.17) is 69.6 Å². The van der Waals surface area contributed by atoms with Crippen molar-refractivity contribution in [3.63, 3.8) is 0 Å². The van der Waals surface area contributed by atoms with Crippen LogP contribution in [0.4, 0.5) is 13.2 Å². The fourth-order valence-corrected chi connectivity index (χ4v) is 3.56. The van der Waals surface area contributed by atoms with Gasteiger partial charge in [0.1, 0.15) is 0 Å². The second-order valence-corrected chi connectivity index (χ2v) is 6.61. The predicted octanol–water partition coefficient (Wildman–Crippen LogP) is 8.38. The summed E-state index contributed by atoms with van der Waals surface area (Å²) in [6, 6.07) is 3.54. The Labute approximate surface area is 160 Å². The van der Waals surface area contributed by atoms with Gasteiger partial charge in [-0.05, 0) is 17.2 Å². The quantitative estimate of drug-likeness (QED) is 0.249. The minimum absolute atomic E-state index is 0.0682. The van der Waals surface area contributed by atoms with Crippen molar-refractivity contribution >= 4 is 69.6 Å². The molecular weight excluding hydrogens is 438 g/mol. The van der Waals surface area contributed by atoms with Gasteiger partial charge < -0.3 is 0 Å². The molecule has 0 aromatic heterocycles. The molecule has 0 unspecified atom stereocenters. The van der Waals surface area contributed by atoms with Gasteiger partial charge in [-0.3, -0.25) is 0 Å². The third kappa shape index (κ3) is 3.65. The highest BCUT2D eigenvalue weighted by Crippen LogP contribution is 2.49. The van der Waals surface area contributed by atoms with E-state index in [0.717, 1.165) is 6.07 Å². The second kappa shape index (κ2) is 7.07. The molecule has 23 heavy (non-hydrogen) atoms. The first kappa shape index (κ1) is 19.3. The van der Waals surface area contributed by atoms with Crippen molar-refractivity contribution in [2.45, 2.75) is 12.1 Å². The van der Waals surface area contributed by atoms with Gasteiger partial charge in [0.15, 0.2) is 0 Å². The van der Waals surface area contributed by atoms with Crippen LogP contribution in [-0.4, -0.2) is 0 Å². The molecule has 2 rings (SSSR count). The molecule has 0 aliphatic heterocycles. The first-order valence-electron chi connectivity index (χ1n) is 5.87. The fraction of sp³-hybridized carbons (Fsp3) is 0.143. The van der Waals surface area contributed by atoms with Gasteiger partial charge in [0.2, 0.25) is 0 Å². The molecule has 0 fully saturated rings. The molecule has 0 bridgehead atoms. The van der Waals surface area contributed by atoms with Crippen LogP contribution in [0.3, 0.4) is 0 Å². The summed E-state index contributed by atoms with van der Waals surface area (Å²) in [5.41, 5.74) is -0.790. The molecule has 0 aliphatic rings. The van der Waals surface area contributed by atoms with Gasteiger partial charge in [-0.2, -0.15) is 13.2 Å². The van der Waals surface area contributed by atoms with Gasteiger partial charge >= 0.3 is 6.18 Å². The van der Waals surface area contributed by atoms with E-state index in [2.05, 4.69) is 0 Å². The zero-order valence-electron chi connectivity index (χ0n) is 10.8. The molecule has 9 heteroatoms. The Morgan fingerprint density at radius 2 is 1.26 bits per heavy atom. The lowest BCUT2D eigenvalue weighted by Crippen LogP contribution is -2.08. The highest BCUT2D eigenvalue weighted by molar-refractivity contribution is 6.56. The van der Waals surface area contributed by atoms with Gasteiger partial charge in [-0.1, -0.05) is 70.1 Å². The van der Waals surface area contributed by atoms with Gasteiger partial charge in [-0.25, -0.2) is 0 Å². The van der Waals surface area contributed by atoms with Crippen molar-refractivity contribution in [1.82, 2.24) is 0 Å². The lowest BCUT2D eigenvalue weighted by Gasteiger charge is -2.16. The Kier molecular flexibility index (Phi) is 5.93. The Hall–Kier alpha value is -0.0300. The van der Waals surface area contributed by atoms with E-state index in [1.165, 1.54) is 12.1 Å². The summed E-state index contributed by atoms with van der Waals surface area (Å²) in [6.07, 6.45) is -4.58. The van der Waals surface area contributed by atoms with E-state index in [1.807, 2.05) is 0 Å². The third-order valence-corrected chi connectivity index (χ3v) is 5.62. The van der Waals surface area contributed by atoms with Crippen LogP contribution in [-0.2, 0) is 12.1 Å². The summed E-state index contributed by atoms with van der Waals surface area (Å²) in [5, 5.41) is -0.420. The van der Waals surface area contributed by atoms with Crippen LogP contribution >= 0.6 is 69.6 Å². The highest BCUT2D eigenvalue weighted by atomic mass is 35.5. The van der Waals surface area contributed by atoms with Crippen molar-refractivity contribution in [3.8, 4) is 11.1 Å². The zero-order valence-corrected chi connectivity index (χ0v) is 15.4. The Morgan fingerprint density at radius 3 is 1.70 bits per heavy atom. The summed E-state index contributed by atoms with van der Waals surface area (Å²) in [4.78, 5) is 0. The molecule has 0 atom stereocenters. The summed E-state index contributed by atoms with van der Waals surface area (Å²) >= 11 is 35.5. The lowest BCUT2D eigenvalue weighted by molar-refractivity contribution is -0.138. The number of alkyl halides is 4. The largest absolute Gasteiger partial charge is 0.416 e. The van der Waals surface area contributed by atoms with E-state index >= 15 is 0 Å². The van der Waals surface area contributed by atoms with Crippen LogP contribution < -0.4 is 0 Å². The predicted molar refractivity (Wildman–Crippen MR) is 91.5 cm³/mol.